The normalized spacial score (nSPS) is 26.4. The van der Waals surface area contributed by atoms with Gasteiger partial charge in [-0.15, -0.1) is 0 Å². The third-order valence-corrected chi connectivity index (χ3v) is 4.28. The van der Waals surface area contributed by atoms with Crippen molar-refractivity contribution in [3.05, 3.63) is 29.3 Å². The second kappa shape index (κ2) is 4.34. The van der Waals surface area contributed by atoms with Crippen LogP contribution in [0.15, 0.2) is 18.2 Å². The van der Waals surface area contributed by atoms with Crippen LogP contribution in [-0.2, 0) is 0 Å². The smallest absolute Gasteiger partial charge is 0.120 e. The van der Waals surface area contributed by atoms with E-state index in [1.165, 1.54) is 11.1 Å². The maximum atomic E-state index is 6.09. The Morgan fingerprint density at radius 3 is 2.47 bits per heavy atom. The molecule has 2 heteroatoms. The molecule has 1 aliphatic rings. The van der Waals surface area contributed by atoms with Crippen molar-refractivity contribution >= 4 is 0 Å². The molecule has 0 saturated heterocycles. The molecule has 0 radical (unpaired) electrons. The number of benzene rings is 1. The number of hydrogen-bond acceptors (Lipinski definition) is 2. The topological polar surface area (TPSA) is 21.3 Å². The van der Waals surface area contributed by atoms with Crippen LogP contribution in [0.5, 0.6) is 5.75 Å². The summed E-state index contributed by atoms with van der Waals surface area (Å²) in [6.07, 6.45) is 1.42. The Kier molecular flexibility index (Phi) is 3.17. The molecule has 1 N–H and O–H groups in total. The molecule has 2 atom stereocenters. The van der Waals surface area contributed by atoms with Gasteiger partial charge in [-0.2, -0.15) is 0 Å². The van der Waals surface area contributed by atoms with E-state index < -0.39 is 0 Å². The molecule has 0 aromatic heterocycles. The lowest BCUT2D eigenvalue weighted by Gasteiger charge is -2.51. The molecule has 0 amide bonds. The largest absolute Gasteiger partial charge is 0.490 e. The molecule has 0 bridgehead atoms. The lowest BCUT2D eigenvalue weighted by Crippen LogP contribution is -2.61. The molecule has 1 aromatic carbocycles. The van der Waals surface area contributed by atoms with Gasteiger partial charge in [0.1, 0.15) is 11.9 Å². The van der Waals surface area contributed by atoms with Gasteiger partial charge in [-0.1, -0.05) is 19.9 Å². The van der Waals surface area contributed by atoms with Gasteiger partial charge in [0.2, 0.25) is 0 Å². The van der Waals surface area contributed by atoms with E-state index in [9.17, 15) is 0 Å². The molecular weight excluding hydrogens is 210 g/mol. The van der Waals surface area contributed by atoms with Gasteiger partial charge in [-0.05, 0) is 44.2 Å². The SMILES string of the molecule is CNC1CC(Oc2ccc(C)c(C)c2)C1(C)C. The predicted octanol–water partition coefficient (Wildman–Crippen LogP) is 3.07. The molecule has 1 fully saturated rings. The van der Waals surface area contributed by atoms with Gasteiger partial charge in [0.25, 0.3) is 0 Å². The average molecular weight is 233 g/mol. The Labute approximate surface area is 104 Å². The van der Waals surface area contributed by atoms with Crippen LogP contribution in [0, 0.1) is 19.3 Å². The Morgan fingerprint density at radius 1 is 1.24 bits per heavy atom. The summed E-state index contributed by atoms with van der Waals surface area (Å²) >= 11 is 0. The second-order valence-corrected chi connectivity index (χ2v) is 5.75. The number of nitrogens with one attached hydrogen (secondary N) is 1. The molecule has 0 heterocycles. The summed E-state index contributed by atoms with van der Waals surface area (Å²) in [4.78, 5) is 0. The van der Waals surface area contributed by atoms with Gasteiger partial charge in [0.15, 0.2) is 0 Å². The van der Waals surface area contributed by atoms with Crippen molar-refractivity contribution in [2.75, 3.05) is 7.05 Å². The van der Waals surface area contributed by atoms with Crippen molar-refractivity contribution in [3.8, 4) is 5.75 Å². The molecule has 0 spiro atoms. The lowest BCUT2D eigenvalue weighted by atomic mass is 9.64. The predicted molar refractivity (Wildman–Crippen MR) is 71.6 cm³/mol. The zero-order chi connectivity index (χ0) is 12.6. The van der Waals surface area contributed by atoms with E-state index in [2.05, 4.69) is 51.2 Å². The highest BCUT2D eigenvalue weighted by Crippen LogP contribution is 2.42. The van der Waals surface area contributed by atoms with E-state index in [0.717, 1.165) is 12.2 Å². The first-order valence-electron chi connectivity index (χ1n) is 6.36. The first-order valence-corrected chi connectivity index (χ1v) is 6.36. The molecule has 1 aliphatic carbocycles. The van der Waals surface area contributed by atoms with Gasteiger partial charge >= 0.3 is 0 Å². The van der Waals surface area contributed by atoms with Crippen LogP contribution in [0.1, 0.15) is 31.4 Å². The van der Waals surface area contributed by atoms with Crippen LogP contribution in [-0.4, -0.2) is 19.2 Å². The fourth-order valence-electron chi connectivity index (χ4n) is 2.53. The average Bonchev–Trinajstić information content (AvgIpc) is 2.28. The van der Waals surface area contributed by atoms with Gasteiger partial charge in [-0.25, -0.2) is 0 Å². The standard InChI is InChI=1S/C15H23NO/c1-10-6-7-12(8-11(10)2)17-14-9-13(16-5)15(14,3)4/h6-8,13-14,16H,9H2,1-5H3. The first kappa shape index (κ1) is 12.4. The monoisotopic (exact) mass is 233 g/mol. The summed E-state index contributed by atoms with van der Waals surface area (Å²) in [5.41, 5.74) is 2.83. The molecule has 2 unspecified atom stereocenters. The number of ether oxygens (including phenoxy) is 1. The molecule has 94 valence electrons. The highest BCUT2D eigenvalue weighted by molar-refractivity contribution is 5.34. The molecule has 2 rings (SSSR count). The summed E-state index contributed by atoms with van der Waals surface area (Å²) in [5.74, 6) is 1.00. The van der Waals surface area contributed by atoms with Crippen LogP contribution >= 0.6 is 0 Å². The van der Waals surface area contributed by atoms with Gasteiger partial charge in [-0.3, -0.25) is 0 Å². The van der Waals surface area contributed by atoms with Crippen molar-refractivity contribution in [1.82, 2.24) is 5.32 Å². The first-order chi connectivity index (χ1) is 7.95. The van der Waals surface area contributed by atoms with E-state index in [1.54, 1.807) is 0 Å². The quantitative estimate of drug-likeness (QED) is 0.866. The van der Waals surface area contributed by atoms with E-state index in [4.69, 9.17) is 4.74 Å². The third kappa shape index (κ3) is 2.19. The Bertz CT molecular complexity index is 411. The van der Waals surface area contributed by atoms with E-state index >= 15 is 0 Å². The third-order valence-electron chi connectivity index (χ3n) is 4.28. The maximum Gasteiger partial charge on any atom is 0.120 e. The van der Waals surface area contributed by atoms with Crippen LogP contribution in [0.3, 0.4) is 0 Å². The lowest BCUT2D eigenvalue weighted by molar-refractivity contribution is -0.0521. The number of aryl methyl sites for hydroxylation is 2. The number of hydrogen-bond donors (Lipinski definition) is 1. The number of rotatable bonds is 3. The Hall–Kier alpha value is -1.02. The van der Waals surface area contributed by atoms with Crippen molar-refractivity contribution in [2.24, 2.45) is 5.41 Å². The van der Waals surface area contributed by atoms with Crippen molar-refractivity contribution < 1.29 is 4.74 Å². The molecular formula is C15H23NO. The fraction of sp³-hybridized carbons (Fsp3) is 0.600. The van der Waals surface area contributed by atoms with Crippen molar-refractivity contribution in [1.29, 1.82) is 0 Å². The molecule has 1 saturated carbocycles. The zero-order valence-corrected chi connectivity index (χ0v) is 11.5. The summed E-state index contributed by atoms with van der Waals surface area (Å²) < 4.78 is 6.09. The molecule has 2 nitrogen and oxygen atoms in total. The molecule has 0 aliphatic heterocycles. The zero-order valence-electron chi connectivity index (χ0n) is 11.5. The summed E-state index contributed by atoms with van der Waals surface area (Å²) in [6, 6.07) is 6.91. The van der Waals surface area contributed by atoms with Crippen LogP contribution < -0.4 is 10.1 Å². The Balaban J connectivity index is 2.05. The minimum Gasteiger partial charge on any atom is -0.490 e. The van der Waals surface area contributed by atoms with E-state index in [-0.39, 0.29) is 5.41 Å². The maximum absolute atomic E-state index is 6.09. The van der Waals surface area contributed by atoms with E-state index in [1.807, 2.05) is 7.05 Å². The summed E-state index contributed by atoms with van der Waals surface area (Å²) in [5, 5.41) is 3.35. The second-order valence-electron chi connectivity index (χ2n) is 5.75. The fourth-order valence-corrected chi connectivity index (χ4v) is 2.53. The van der Waals surface area contributed by atoms with Gasteiger partial charge in [0, 0.05) is 17.9 Å². The Morgan fingerprint density at radius 2 is 1.94 bits per heavy atom. The van der Waals surface area contributed by atoms with Crippen LogP contribution in [0.25, 0.3) is 0 Å². The summed E-state index contributed by atoms with van der Waals surface area (Å²) in [7, 11) is 2.03. The van der Waals surface area contributed by atoms with Gasteiger partial charge in [0.05, 0.1) is 0 Å². The highest BCUT2D eigenvalue weighted by atomic mass is 16.5. The van der Waals surface area contributed by atoms with Gasteiger partial charge < -0.3 is 10.1 Å². The summed E-state index contributed by atoms with van der Waals surface area (Å²) in [6.45, 7) is 8.79. The minimum atomic E-state index is 0.216. The van der Waals surface area contributed by atoms with Crippen molar-refractivity contribution in [3.63, 3.8) is 0 Å². The van der Waals surface area contributed by atoms with Crippen LogP contribution in [0.4, 0.5) is 0 Å². The van der Waals surface area contributed by atoms with Crippen molar-refractivity contribution in [2.45, 2.75) is 46.3 Å². The highest BCUT2D eigenvalue weighted by Gasteiger charge is 2.49. The molecule has 17 heavy (non-hydrogen) atoms. The van der Waals surface area contributed by atoms with Crippen LogP contribution in [0.2, 0.25) is 0 Å². The minimum absolute atomic E-state index is 0.216. The molecule has 1 aromatic rings. The van der Waals surface area contributed by atoms with E-state index in [0.29, 0.717) is 12.1 Å².